The van der Waals surface area contributed by atoms with E-state index in [0.29, 0.717) is 0 Å². The third kappa shape index (κ3) is 4.73. The zero-order valence-corrected chi connectivity index (χ0v) is 15.5. The Labute approximate surface area is 141 Å². The third-order valence-electron chi connectivity index (χ3n) is 2.95. The number of halogens is 1. The van der Waals surface area contributed by atoms with E-state index in [9.17, 15) is 0 Å². The van der Waals surface area contributed by atoms with Crippen LogP contribution >= 0.6 is 34.7 Å². The normalized spacial score (nSPS) is 11.9. The van der Waals surface area contributed by atoms with Gasteiger partial charge < -0.3 is 0 Å². The molecule has 21 heavy (non-hydrogen) atoms. The second kappa shape index (κ2) is 7.17. The molecule has 0 radical (unpaired) electrons. The summed E-state index contributed by atoms with van der Waals surface area (Å²) in [4.78, 5) is 5.87. The lowest BCUT2D eigenvalue weighted by molar-refractivity contribution is 0.781. The van der Waals surface area contributed by atoms with Crippen molar-refractivity contribution < 1.29 is 0 Å². The first-order chi connectivity index (χ1) is 9.90. The molecule has 1 aromatic carbocycles. The molecule has 1 aromatic heterocycles. The van der Waals surface area contributed by atoms with E-state index < -0.39 is 0 Å². The van der Waals surface area contributed by atoms with E-state index in [1.54, 1.807) is 23.1 Å². The molecule has 1 heterocycles. The summed E-state index contributed by atoms with van der Waals surface area (Å²) in [5.41, 5.74) is 2.24. The summed E-state index contributed by atoms with van der Waals surface area (Å²) in [5.74, 6) is 0. The minimum Gasteiger partial charge on any atom is -0.241 e. The average Bonchev–Trinajstić information content (AvgIpc) is 2.86. The molecule has 0 atom stereocenters. The molecule has 0 aliphatic rings. The van der Waals surface area contributed by atoms with Gasteiger partial charge in [0, 0.05) is 20.6 Å². The smallest absolute Gasteiger partial charge is 0.125 e. The van der Waals surface area contributed by atoms with Crippen LogP contribution in [0.2, 0.25) is 5.02 Å². The molecule has 0 saturated carbocycles. The van der Waals surface area contributed by atoms with Crippen molar-refractivity contribution in [3.8, 4) is 10.6 Å². The number of benzene rings is 1. The average molecular weight is 340 g/mol. The number of nitrogens with zero attached hydrogens (tertiary/aromatic N) is 1. The summed E-state index contributed by atoms with van der Waals surface area (Å²) < 4.78 is 0.150. The number of hydrogen-bond donors (Lipinski definition) is 0. The quantitative estimate of drug-likeness (QED) is 0.562. The van der Waals surface area contributed by atoms with Crippen LogP contribution in [-0.4, -0.2) is 9.73 Å². The van der Waals surface area contributed by atoms with Gasteiger partial charge in [-0.3, -0.25) is 0 Å². The number of rotatable bonds is 5. The Kier molecular flexibility index (Phi) is 5.75. The van der Waals surface area contributed by atoms with Gasteiger partial charge in [0.15, 0.2) is 0 Å². The molecule has 2 rings (SSSR count). The molecular formula is C17H22ClNS2. The SMILES string of the molecule is CCCCc1csc(-c2cccc(SC(C)(C)C)c2Cl)n1. The van der Waals surface area contributed by atoms with Gasteiger partial charge in [-0.05, 0) is 18.9 Å². The van der Waals surface area contributed by atoms with Gasteiger partial charge in [0.05, 0.1) is 10.7 Å². The molecule has 0 bridgehead atoms. The fraction of sp³-hybridized carbons (Fsp3) is 0.471. The van der Waals surface area contributed by atoms with E-state index in [1.807, 2.05) is 0 Å². The first kappa shape index (κ1) is 16.9. The van der Waals surface area contributed by atoms with Crippen LogP contribution < -0.4 is 0 Å². The summed E-state index contributed by atoms with van der Waals surface area (Å²) >= 11 is 10.1. The van der Waals surface area contributed by atoms with Crippen molar-refractivity contribution in [1.82, 2.24) is 4.98 Å². The highest BCUT2D eigenvalue weighted by atomic mass is 35.5. The molecule has 2 aromatic rings. The molecule has 1 nitrogen and oxygen atoms in total. The van der Waals surface area contributed by atoms with Gasteiger partial charge in [0.1, 0.15) is 5.01 Å². The van der Waals surface area contributed by atoms with E-state index in [0.717, 1.165) is 26.9 Å². The van der Waals surface area contributed by atoms with Crippen LogP contribution in [0.15, 0.2) is 28.5 Å². The molecule has 0 saturated heterocycles. The van der Waals surface area contributed by atoms with Gasteiger partial charge >= 0.3 is 0 Å². The van der Waals surface area contributed by atoms with Gasteiger partial charge in [-0.15, -0.1) is 23.1 Å². The third-order valence-corrected chi connectivity index (χ3v) is 5.56. The maximum Gasteiger partial charge on any atom is 0.125 e. The number of hydrogen-bond acceptors (Lipinski definition) is 3. The fourth-order valence-corrected chi connectivity index (χ4v) is 4.27. The minimum absolute atomic E-state index is 0.150. The molecule has 0 N–H and O–H groups in total. The molecule has 0 fully saturated rings. The van der Waals surface area contributed by atoms with E-state index in [-0.39, 0.29) is 4.75 Å². The molecule has 4 heteroatoms. The van der Waals surface area contributed by atoms with E-state index in [1.165, 1.54) is 18.5 Å². The van der Waals surface area contributed by atoms with Crippen molar-refractivity contribution >= 4 is 34.7 Å². The van der Waals surface area contributed by atoms with Gasteiger partial charge in [0.25, 0.3) is 0 Å². The Morgan fingerprint density at radius 2 is 2.05 bits per heavy atom. The number of aromatic nitrogens is 1. The lowest BCUT2D eigenvalue weighted by atomic mass is 10.2. The summed E-state index contributed by atoms with van der Waals surface area (Å²) in [6, 6.07) is 6.23. The Hall–Kier alpha value is -0.510. The minimum atomic E-state index is 0.150. The van der Waals surface area contributed by atoms with E-state index >= 15 is 0 Å². The summed E-state index contributed by atoms with van der Waals surface area (Å²) in [6.45, 7) is 8.81. The summed E-state index contributed by atoms with van der Waals surface area (Å²) in [6.07, 6.45) is 3.45. The number of thioether (sulfide) groups is 1. The van der Waals surface area contributed by atoms with E-state index in [2.05, 4.69) is 51.3 Å². The van der Waals surface area contributed by atoms with Crippen molar-refractivity contribution in [1.29, 1.82) is 0 Å². The largest absolute Gasteiger partial charge is 0.241 e. The van der Waals surface area contributed by atoms with Crippen LogP contribution in [0.4, 0.5) is 0 Å². The maximum absolute atomic E-state index is 6.61. The Bertz CT molecular complexity index is 599. The van der Waals surface area contributed by atoms with Crippen LogP contribution in [0.3, 0.4) is 0 Å². The molecule has 0 spiro atoms. The van der Waals surface area contributed by atoms with Crippen molar-refractivity contribution in [2.45, 2.75) is 56.6 Å². The zero-order chi connectivity index (χ0) is 15.5. The highest BCUT2D eigenvalue weighted by Gasteiger charge is 2.17. The number of thiazole rings is 1. The fourth-order valence-electron chi connectivity index (χ4n) is 1.99. The Morgan fingerprint density at radius 1 is 1.29 bits per heavy atom. The zero-order valence-electron chi connectivity index (χ0n) is 13.1. The van der Waals surface area contributed by atoms with Crippen molar-refractivity contribution in [2.24, 2.45) is 0 Å². The molecule has 0 amide bonds. The van der Waals surface area contributed by atoms with Gasteiger partial charge in [-0.2, -0.15) is 0 Å². The molecule has 0 unspecified atom stereocenters. The first-order valence-corrected chi connectivity index (χ1v) is 9.40. The standard InChI is InChI=1S/C17H22ClNS2/c1-5-6-8-12-11-20-16(19-12)13-9-7-10-14(15(13)18)21-17(2,3)4/h7,9-11H,5-6,8H2,1-4H3. The Morgan fingerprint density at radius 3 is 2.71 bits per heavy atom. The van der Waals surface area contributed by atoms with Crippen LogP contribution in [0, 0.1) is 0 Å². The highest BCUT2D eigenvalue weighted by Crippen LogP contribution is 2.41. The van der Waals surface area contributed by atoms with Crippen LogP contribution in [0.5, 0.6) is 0 Å². The predicted molar refractivity (Wildman–Crippen MR) is 96.8 cm³/mol. The molecule has 114 valence electrons. The summed E-state index contributed by atoms with van der Waals surface area (Å²) in [7, 11) is 0. The molecule has 0 aliphatic heterocycles. The predicted octanol–water partition coefficient (Wildman–Crippen LogP) is 6.70. The highest BCUT2D eigenvalue weighted by molar-refractivity contribution is 8.00. The van der Waals surface area contributed by atoms with Crippen molar-refractivity contribution in [2.75, 3.05) is 0 Å². The van der Waals surface area contributed by atoms with Gasteiger partial charge in [0.2, 0.25) is 0 Å². The van der Waals surface area contributed by atoms with E-state index in [4.69, 9.17) is 16.6 Å². The van der Waals surface area contributed by atoms with Crippen LogP contribution in [0.1, 0.15) is 46.2 Å². The van der Waals surface area contributed by atoms with Crippen LogP contribution in [0.25, 0.3) is 10.6 Å². The van der Waals surface area contributed by atoms with Gasteiger partial charge in [-0.1, -0.05) is 57.8 Å². The topological polar surface area (TPSA) is 12.9 Å². The molecule has 0 aliphatic carbocycles. The summed E-state index contributed by atoms with van der Waals surface area (Å²) in [5, 5.41) is 4.02. The second-order valence-electron chi connectivity index (χ2n) is 6.08. The van der Waals surface area contributed by atoms with Crippen molar-refractivity contribution in [3.05, 3.63) is 34.3 Å². The number of unbranched alkanes of at least 4 members (excludes halogenated alkanes) is 1. The monoisotopic (exact) mass is 339 g/mol. The maximum atomic E-state index is 6.61. The van der Waals surface area contributed by atoms with Crippen molar-refractivity contribution in [3.63, 3.8) is 0 Å². The van der Waals surface area contributed by atoms with Crippen LogP contribution in [-0.2, 0) is 6.42 Å². The lowest BCUT2D eigenvalue weighted by Crippen LogP contribution is -2.06. The first-order valence-electron chi connectivity index (χ1n) is 7.33. The molecular weight excluding hydrogens is 318 g/mol. The second-order valence-corrected chi connectivity index (χ2v) is 9.18. The Balaban J connectivity index is 2.27. The lowest BCUT2D eigenvalue weighted by Gasteiger charge is -2.19. The number of aryl methyl sites for hydroxylation is 1. The van der Waals surface area contributed by atoms with Gasteiger partial charge in [-0.25, -0.2) is 4.98 Å².